The van der Waals surface area contributed by atoms with Gasteiger partial charge >= 0.3 is 6.09 Å². The van der Waals surface area contributed by atoms with Crippen molar-refractivity contribution in [3.05, 3.63) is 77.4 Å². The van der Waals surface area contributed by atoms with Crippen LogP contribution in [-0.4, -0.2) is 41.0 Å². The Balaban J connectivity index is 2.02. The van der Waals surface area contributed by atoms with Gasteiger partial charge in [0.1, 0.15) is 17.7 Å². The van der Waals surface area contributed by atoms with E-state index in [1.54, 1.807) is 25.7 Å². The summed E-state index contributed by atoms with van der Waals surface area (Å²) in [4.78, 5) is 42.5. The Bertz CT molecular complexity index is 1340. The highest BCUT2D eigenvalue weighted by molar-refractivity contribution is 6.00. The number of fused-ring (bicyclic) bond motifs is 1. The first-order chi connectivity index (χ1) is 18.8. The van der Waals surface area contributed by atoms with Crippen LogP contribution in [0.5, 0.6) is 0 Å². The van der Waals surface area contributed by atoms with Gasteiger partial charge in [0.2, 0.25) is 5.91 Å². The molecular formula is C33H43N3O4. The number of alkyl carbamates (subject to hydrolysis) is 1. The van der Waals surface area contributed by atoms with Gasteiger partial charge in [0.05, 0.1) is 0 Å². The Morgan fingerprint density at radius 3 is 2.10 bits per heavy atom. The number of nitrogens with one attached hydrogen (secondary N) is 2. The fourth-order valence-electron chi connectivity index (χ4n) is 4.88. The lowest BCUT2D eigenvalue weighted by Gasteiger charge is -2.35. The van der Waals surface area contributed by atoms with Crippen LogP contribution in [0.3, 0.4) is 0 Å². The average Bonchev–Trinajstić information content (AvgIpc) is 2.87. The zero-order chi connectivity index (χ0) is 29.6. The second-order valence-corrected chi connectivity index (χ2v) is 11.5. The number of amides is 3. The molecule has 3 atom stereocenters. The maximum absolute atomic E-state index is 14.2. The van der Waals surface area contributed by atoms with E-state index in [0.717, 1.165) is 21.9 Å². The Morgan fingerprint density at radius 2 is 1.52 bits per heavy atom. The van der Waals surface area contributed by atoms with E-state index in [9.17, 15) is 14.4 Å². The highest BCUT2D eigenvalue weighted by atomic mass is 16.6. The summed E-state index contributed by atoms with van der Waals surface area (Å²) in [5.74, 6) is -0.839. The van der Waals surface area contributed by atoms with E-state index < -0.39 is 23.8 Å². The molecule has 3 rings (SSSR count). The third-order valence-corrected chi connectivity index (χ3v) is 6.91. The molecule has 214 valence electrons. The molecule has 3 aromatic rings. The van der Waals surface area contributed by atoms with Crippen molar-refractivity contribution in [3.63, 3.8) is 0 Å². The predicted molar refractivity (Wildman–Crippen MR) is 161 cm³/mol. The van der Waals surface area contributed by atoms with Crippen LogP contribution < -0.4 is 10.6 Å². The topological polar surface area (TPSA) is 87.7 Å². The van der Waals surface area contributed by atoms with Gasteiger partial charge in [0, 0.05) is 12.2 Å². The van der Waals surface area contributed by atoms with Crippen LogP contribution in [0.25, 0.3) is 10.8 Å². The molecule has 40 heavy (non-hydrogen) atoms. The molecule has 0 heterocycles. The molecule has 0 bridgehead atoms. The lowest BCUT2D eigenvalue weighted by Crippen LogP contribution is -2.54. The third-order valence-electron chi connectivity index (χ3n) is 6.91. The molecule has 0 aromatic heterocycles. The van der Waals surface area contributed by atoms with Gasteiger partial charge in [-0.15, -0.1) is 0 Å². The van der Waals surface area contributed by atoms with Crippen molar-refractivity contribution >= 4 is 34.4 Å². The van der Waals surface area contributed by atoms with Crippen LogP contribution in [0.15, 0.2) is 60.7 Å². The number of rotatable bonds is 9. The van der Waals surface area contributed by atoms with Crippen LogP contribution >= 0.6 is 0 Å². The van der Waals surface area contributed by atoms with Crippen LogP contribution in [0.1, 0.15) is 70.7 Å². The monoisotopic (exact) mass is 545 g/mol. The molecule has 0 aliphatic heterocycles. The molecule has 3 aromatic carbocycles. The fourth-order valence-corrected chi connectivity index (χ4v) is 4.88. The number of hydrogen-bond acceptors (Lipinski definition) is 4. The maximum Gasteiger partial charge on any atom is 0.408 e. The number of ether oxygens (including phenoxy) is 1. The van der Waals surface area contributed by atoms with Crippen LogP contribution in [0, 0.1) is 19.8 Å². The van der Waals surface area contributed by atoms with E-state index in [0.29, 0.717) is 17.7 Å². The summed E-state index contributed by atoms with van der Waals surface area (Å²) in [7, 11) is 0. The minimum atomic E-state index is -0.908. The SMILES string of the molecule is CCC(C)C(NC(=O)OC(C)(C)C)C(=O)N(CC)C(C(=O)Nc1ccc2ccccc2c1)c1cc(C)cc(C)c1. The van der Waals surface area contributed by atoms with Gasteiger partial charge in [0.25, 0.3) is 5.91 Å². The van der Waals surface area contributed by atoms with Gasteiger partial charge in [0.15, 0.2) is 0 Å². The van der Waals surface area contributed by atoms with Gasteiger partial charge in [-0.25, -0.2) is 4.79 Å². The first-order valence-corrected chi connectivity index (χ1v) is 14.0. The zero-order valence-electron chi connectivity index (χ0n) is 25.0. The predicted octanol–water partition coefficient (Wildman–Crippen LogP) is 6.92. The number of carbonyl (C=O) groups excluding carboxylic acids is 3. The second-order valence-electron chi connectivity index (χ2n) is 11.5. The summed E-state index contributed by atoms with van der Waals surface area (Å²) < 4.78 is 5.46. The lowest BCUT2D eigenvalue weighted by molar-refractivity contribution is -0.141. The number of aryl methyl sites for hydroxylation is 2. The lowest BCUT2D eigenvalue weighted by atomic mass is 9.94. The molecule has 0 saturated heterocycles. The third kappa shape index (κ3) is 7.84. The van der Waals surface area contributed by atoms with Gasteiger partial charge in [-0.3, -0.25) is 9.59 Å². The number of anilines is 1. The zero-order valence-corrected chi connectivity index (χ0v) is 25.0. The smallest absolute Gasteiger partial charge is 0.408 e. The summed E-state index contributed by atoms with van der Waals surface area (Å²) in [5, 5.41) is 7.92. The highest BCUT2D eigenvalue weighted by Crippen LogP contribution is 2.28. The number of carbonyl (C=O) groups is 3. The molecule has 0 saturated carbocycles. The second kappa shape index (κ2) is 13.0. The summed E-state index contributed by atoms with van der Waals surface area (Å²) >= 11 is 0. The van der Waals surface area contributed by atoms with Crippen molar-refractivity contribution in [2.24, 2.45) is 5.92 Å². The molecular weight excluding hydrogens is 502 g/mol. The van der Waals surface area contributed by atoms with Crippen LogP contribution in [-0.2, 0) is 14.3 Å². The van der Waals surface area contributed by atoms with Crippen molar-refractivity contribution in [2.45, 2.75) is 79.5 Å². The molecule has 0 aliphatic rings. The molecule has 0 radical (unpaired) electrons. The summed E-state index contributed by atoms with van der Waals surface area (Å²) in [6.45, 7) is 15.3. The van der Waals surface area contributed by atoms with Gasteiger partial charge in [-0.05, 0) is 75.9 Å². The molecule has 3 amide bonds. The Kier molecular flexibility index (Phi) is 9.96. The summed E-state index contributed by atoms with van der Waals surface area (Å²) in [6.07, 6.45) is -0.00729. The Hall–Kier alpha value is -3.87. The van der Waals surface area contributed by atoms with E-state index in [2.05, 4.69) is 10.6 Å². The summed E-state index contributed by atoms with van der Waals surface area (Å²) in [5.41, 5.74) is 2.64. The van der Waals surface area contributed by atoms with Crippen molar-refractivity contribution in [3.8, 4) is 0 Å². The average molecular weight is 546 g/mol. The van der Waals surface area contributed by atoms with E-state index in [1.165, 1.54) is 0 Å². The largest absolute Gasteiger partial charge is 0.444 e. The molecule has 7 heteroatoms. The molecule has 0 spiro atoms. The highest BCUT2D eigenvalue weighted by Gasteiger charge is 2.37. The molecule has 3 unspecified atom stereocenters. The molecule has 0 fully saturated rings. The van der Waals surface area contributed by atoms with Crippen molar-refractivity contribution in [1.82, 2.24) is 10.2 Å². The normalized spacial score (nSPS) is 13.7. The van der Waals surface area contributed by atoms with Crippen molar-refractivity contribution in [2.75, 3.05) is 11.9 Å². The number of likely N-dealkylation sites (N-methyl/N-ethyl adjacent to an activating group) is 1. The van der Waals surface area contributed by atoms with Crippen molar-refractivity contribution in [1.29, 1.82) is 0 Å². The Morgan fingerprint density at radius 1 is 0.900 bits per heavy atom. The first kappa shape index (κ1) is 30.7. The van der Waals surface area contributed by atoms with Crippen LogP contribution in [0.2, 0.25) is 0 Å². The van der Waals surface area contributed by atoms with Crippen molar-refractivity contribution < 1.29 is 19.1 Å². The summed E-state index contributed by atoms with van der Waals surface area (Å²) in [6, 6.07) is 17.8. The maximum atomic E-state index is 14.2. The molecule has 7 nitrogen and oxygen atoms in total. The minimum absolute atomic E-state index is 0.183. The number of benzene rings is 3. The minimum Gasteiger partial charge on any atom is -0.444 e. The van der Waals surface area contributed by atoms with E-state index in [1.807, 2.05) is 95.3 Å². The number of nitrogens with zero attached hydrogens (tertiary/aromatic N) is 1. The van der Waals surface area contributed by atoms with E-state index in [4.69, 9.17) is 4.74 Å². The van der Waals surface area contributed by atoms with E-state index >= 15 is 0 Å². The van der Waals surface area contributed by atoms with E-state index in [-0.39, 0.29) is 24.3 Å². The van der Waals surface area contributed by atoms with Crippen LogP contribution in [0.4, 0.5) is 10.5 Å². The standard InChI is InChI=1S/C33H43N3O4/c1-9-23(5)28(35-32(39)40-33(6,7)8)31(38)36(10-2)29(26-18-21(3)17-22(4)19-26)30(37)34-27-16-15-24-13-11-12-14-25(24)20-27/h11-20,23,28-29H,9-10H2,1-8H3,(H,34,37)(H,35,39). The first-order valence-electron chi connectivity index (χ1n) is 14.0. The van der Waals surface area contributed by atoms with Gasteiger partial charge < -0.3 is 20.3 Å². The van der Waals surface area contributed by atoms with Gasteiger partial charge in [-0.1, -0.05) is 79.9 Å². The quantitative estimate of drug-likeness (QED) is 0.305. The fraction of sp³-hybridized carbons (Fsp3) is 0.424. The Labute approximate surface area is 238 Å². The molecule has 2 N–H and O–H groups in total. The number of hydrogen-bond donors (Lipinski definition) is 2. The van der Waals surface area contributed by atoms with Gasteiger partial charge in [-0.2, -0.15) is 0 Å². The molecule has 0 aliphatic carbocycles.